The van der Waals surface area contributed by atoms with Gasteiger partial charge in [0.2, 0.25) is 0 Å². The normalized spacial score (nSPS) is 11.1. The summed E-state index contributed by atoms with van der Waals surface area (Å²) < 4.78 is 0. The zero-order chi connectivity index (χ0) is 10.7. The van der Waals surface area contributed by atoms with Crippen molar-refractivity contribution in [3.63, 3.8) is 0 Å². The van der Waals surface area contributed by atoms with Gasteiger partial charge in [-0.05, 0) is 25.5 Å². The molecule has 0 saturated heterocycles. The van der Waals surface area contributed by atoms with Crippen molar-refractivity contribution in [2.75, 3.05) is 0 Å². The van der Waals surface area contributed by atoms with Gasteiger partial charge in [-0.2, -0.15) is 0 Å². The van der Waals surface area contributed by atoms with Crippen LogP contribution in [0.4, 0.5) is 5.69 Å². The number of aromatic hydroxyl groups is 1. The van der Waals surface area contributed by atoms with Crippen LogP contribution in [0, 0.1) is 0 Å². The van der Waals surface area contributed by atoms with E-state index in [4.69, 9.17) is 23.2 Å². The zero-order valence-corrected chi connectivity index (χ0v) is 10.7. The van der Waals surface area contributed by atoms with Gasteiger partial charge in [0.05, 0.1) is 5.02 Å². The Labute approximate surface area is 105 Å². The molecule has 0 atom stereocenters. The lowest BCUT2D eigenvalue weighted by Gasteiger charge is -2.04. The maximum atomic E-state index is 9.35. The van der Waals surface area contributed by atoms with Gasteiger partial charge >= 0.3 is 0 Å². The molecule has 0 saturated carbocycles. The van der Waals surface area contributed by atoms with Crippen molar-refractivity contribution in [2.45, 2.75) is 20.3 Å². The van der Waals surface area contributed by atoms with Crippen molar-refractivity contribution < 1.29 is 5.11 Å². The molecule has 0 fully saturated rings. The second kappa shape index (κ2) is 6.21. The van der Waals surface area contributed by atoms with E-state index in [0.29, 0.717) is 10.7 Å². The minimum absolute atomic E-state index is 0. The number of rotatable bonds is 2. The molecule has 0 aliphatic heterocycles. The van der Waals surface area contributed by atoms with E-state index >= 15 is 0 Å². The van der Waals surface area contributed by atoms with Crippen LogP contribution in [0.25, 0.3) is 0 Å². The molecule has 0 aromatic heterocycles. The van der Waals surface area contributed by atoms with Gasteiger partial charge in [0.25, 0.3) is 0 Å². The van der Waals surface area contributed by atoms with E-state index in [1.807, 2.05) is 13.8 Å². The van der Waals surface area contributed by atoms with E-state index in [0.717, 1.165) is 12.1 Å². The van der Waals surface area contributed by atoms with Crippen molar-refractivity contribution in [1.82, 2.24) is 0 Å². The van der Waals surface area contributed by atoms with Crippen molar-refractivity contribution >= 4 is 47.0 Å². The van der Waals surface area contributed by atoms with Gasteiger partial charge in [-0.15, -0.1) is 12.4 Å². The number of nitrogens with zero attached hydrogens (tertiary/aromatic N) is 1. The predicted octanol–water partition coefficient (Wildman–Crippen LogP) is 4.62. The summed E-state index contributed by atoms with van der Waals surface area (Å²) in [6.45, 7) is 3.88. The van der Waals surface area contributed by atoms with E-state index in [-0.39, 0.29) is 23.2 Å². The third-order valence-corrected chi connectivity index (χ3v) is 2.54. The van der Waals surface area contributed by atoms with E-state index in [1.165, 1.54) is 6.07 Å². The van der Waals surface area contributed by atoms with Crippen molar-refractivity contribution in [1.29, 1.82) is 0 Å². The van der Waals surface area contributed by atoms with Crippen LogP contribution in [0.1, 0.15) is 20.3 Å². The minimum atomic E-state index is -0.00119. The molecule has 0 heterocycles. The number of hydrogen-bond acceptors (Lipinski definition) is 2. The van der Waals surface area contributed by atoms with Gasteiger partial charge in [0, 0.05) is 5.71 Å². The molecule has 0 unspecified atom stereocenters. The average molecular weight is 269 g/mol. The largest absolute Gasteiger partial charge is 0.506 e. The van der Waals surface area contributed by atoms with Crippen LogP contribution in [0.15, 0.2) is 17.1 Å². The molecular weight excluding hydrogens is 256 g/mol. The van der Waals surface area contributed by atoms with Crippen molar-refractivity contribution in [3.8, 4) is 5.75 Å². The Bertz CT molecular complexity index is 377. The maximum absolute atomic E-state index is 9.35. The van der Waals surface area contributed by atoms with Crippen LogP contribution in [-0.2, 0) is 0 Å². The fraction of sp³-hybridized carbons (Fsp3) is 0.300. The molecular formula is C10H12Cl3NO. The van der Waals surface area contributed by atoms with Gasteiger partial charge in [-0.25, -0.2) is 0 Å². The molecule has 0 spiro atoms. The highest BCUT2D eigenvalue weighted by molar-refractivity contribution is 6.39. The van der Waals surface area contributed by atoms with Crippen LogP contribution >= 0.6 is 35.6 Å². The Hall–Kier alpha value is -0.440. The summed E-state index contributed by atoms with van der Waals surface area (Å²) in [7, 11) is 0. The van der Waals surface area contributed by atoms with Gasteiger partial charge < -0.3 is 5.11 Å². The molecule has 84 valence electrons. The van der Waals surface area contributed by atoms with E-state index in [1.54, 1.807) is 6.07 Å². The summed E-state index contributed by atoms with van der Waals surface area (Å²) in [6, 6.07) is 3.02. The smallest absolute Gasteiger partial charge is 0.136 e. The fourth-order valence-electron chi connectivity index (χ4n) is 0.903. The quantitative estimate of drug-likeness (QED) is 0.780. The lowest BCUT2D eigenvalue weighted by Crippen LogP contribution is -1.86. The first-order valence-corrected chi connectivity index (χ1v) is 5.03. The summed E-state index contributed by atoms with van der Waals surface area (Å²) in [6.07, 6.45) is 0.822. The van der Waals surface area contributed by atoms with Gasteiger partial charge in [0.1, 0.15) is 16.5 Å². The topological polar surface area (TPSA) is 32.6 Å². The van der Waals surface area contributed by atoms with Crippen LogP contribution in [-0.4, -0.2) is 10.8 Å². The van der Waals surface area contributed by atoms with Crippen LogP contribution in [0.2, 0.25) is 10.0 Å². The third kappa shape index (κ3) is 3.56. The molecule has 2 nitrogen and oxygen atoms in total. The maximum Gasteiger partial charge on any atom is 0.136 e. The second-order valence-electron chi connectivity index (χ2n) is 2.93. The summed E-state index contributed by atoms with van der Waals surface area (Å²) in [5.74, 6) is -0.00119. The highest BCUT2D eigenvalue weighted by atomic mass is 35.5. The molecule has 1 rings (SSSR count). The molecule has 1 aromatic rings. The molecule has 0 radical (unpaired) electrons. The van der Waals surface area contributed by atoms with Gasteiger partial charge in [-0.1, -0.05) is 30.1 Å². The number of halogens is 3. The highest BCUT2D eigenvalue weighted by Crippen LogP contribution is 2.39. The Kier molecular flexibility index (Phi) is 6.03. The monoisotopic (exact) mass is 267 g/mol. The summed E-state index contributed by atoms with van der Waals surface area (Å²) in [4.78, 5) is 4.23. The Balaban J connectivity index is 0.00000196. The summed E-state index contributed by atoms with van der Waals surface area (Å²) in [5.41, 5.74) is 1.35. The molecule has 0 bridgehead atoms. The molecule has 0 aliphatic rings. The lowest BCUT2D eigenvalue weighted by molar-refractivity contribution is 0.476. The molecule has 1 N–H and O–H groups in total. The van der Waals surface area contributed by atoms with Crippen LogP contribution in [0.5, 0.6) is 5.75 Å². The number of phenols is 1. The van der Waals surface area contributed by atoms with Gasteiger partial charge in [0.15, 0.2) is 0 Å². The van der Waals surface area contributed by atoms with Crippen molar-refractivity contribution in [2.24, 2.45) is 4.99 Å². The fourth-order valence-corrected chi connectivity index (χ4v) is 1.36. The standard InChI is InChI=1S/C10H11Cl2NO.ClH/c1-3-6(2)13-10-7(11)4-5-8(14)9(10)12;/h4-5,14H,3H2,1-2H3;1H. The summed E-state index contributed by atoms with van der Waals surface area (Å²) >= 11 is 11.8. The Morgan fingerprint density at radius 3 is 2.53 bits per heavy atom. The minimum Gasteiger partial charge on any atom is -0.506 e. The molecule has 0 aliphatic carbocycles. The number of benzene rings is 1. The summed E-state index contributed by atoms with van der Waals surface area (Å²) in [5, 5.41) is 9.99. The van der Waals surface area contributed by atoms with Crippen LogP contribution < -0.4 is 0 Å². The van der Waals surface area contributed by atoms with Crippen molar-refractivity contribution in [3.05, 3.63) is 22.2 Å². The average Bonchev–Trinajstić information content (AvgIpc) is 2.18. The molecule has 0 amide bonds. The second-order valence-corrected chi connectivity index (χ2v) is 3.71. The first-order valence-electron chi connectivity index (χ1n) is 4.27. The third-order valence-electron chi connectivity index (χ3n) is 1.86. The lowest BCUT2D eigenvalue weighted by atomic mass is 10.2. The molecule has 1 aromatic carbocycles. The van der Waals surface area contributed by atoms with E-state index in [2.05, 4.69) is 4.99 Å². The van der Waals surface area contributed by atoms with Crippen LogP contribution in [0.3, 0.4) is 0 Å². The first kappa shape index (κ1) is 14.6. The Morgan fingerprint density at radius 1 is 1.40 bits per heavy atom. The molecule has 5 heteroatoms. The molecule has 15 heavy (non-hydrogen) atoms. The SMILES string of the molecule is CCC(C)=Nc1c(Cl)ccc(O)c1Cl.Cl. The Morgan fingerprint density at radius 2 is 2.00 bits per heavy atom. The van der Waals surface area contributed by atoms with E-state index in [9.17, 15) is 5.11 Å². The van der Waals surface area contributed by atoms with Gasteiger partial charge in [-0.3, -0.25) is 4.99 Å². The van der Waals surface area contributed by atoms with E-state index < -0.39 is 0 Å². The predicted molar refractivity (Wildman–Crippen MR) is 68.4 cm³/mol. The number of hydrogen-bond donors (Lipinski definition) is 1. The number of phenolic OH excluding ortho intramolecular Hbond substituents is 1. The number of aliphatic imine (C=N–C) groups is 1. The first-order chi connectivity index (χ1) is 6.56. The highest BCUT2D eigenvalue weighted by Gasteiger charge is 2.08. The zero-order valence-electron chi connectivity index (χ0n) is 8.42.